The van der Waals surface area contributed by atoms with Crippen molar-refractivity contribution in [3.05, 3.63) is 71.7 Å². The summed E-state index contributed by atoms with van der Waals surface area (Å²) in [6.07, 6.45) is 1.98. The molecule has 0 saturated carbocycles. The fourth-order valence-corrected chi connectivity index (χ4v) is 3.98. The maximum absolute atomic E-state index is 14.2. The normalized spacial score (nSPS) is 16.7. The maximum atomic E-state index is 14.2. The standard InChI is InChI=1S/C23H22FN3O3/c1-2-16-14-26(22(29)15-7-4-3-5-8-15)11-12-27(16)23(30)21(28)17-13-25-19-10-6-9-18(24)20(17)19/h3-10,13,16,25H,2,11-12,14H2,1H3/t16-/m0/s1. The minimum absolute atomic E-state index is 0.0331. The largest absolute Gasteiger partial charge is 0.360 e. The lowest BCUT2D eigenvalue weighted by atomic mass is 10.0. The van der Waals surface area contributed by atoms with Gasteiger partial charge in [-0.2, -0.15) is 0 Å². The van der Waals surface area contributed by atoms with Gasteiger partial charge in [-0.3, -0.25) is 14.4 Å². The lowest BCUT2D eigenvalue weighted by Gasteiger charge is -2.40. The van der Waals surface area contributed by atoms with E-state index in [9.17, 15) is 18.8 Å². The summed E-state index contributed by atoms with van der Waals surface area (Å²) >= 11 is 0. The number of carbonyl (C=O) groups excluding carboxylic acids is 3. The van der Waals surface area contributed by atoms with Crippen LogP contribution < -0.4 is 0 Å². The Bertz CT molecular complexity index is 1110. The summed E-state index contributed by atoms with van der Waals surface area (Å²) in [7, 11) is 0. The van der Waals surface area contributed by atoms with Gasteiger partial charge in [0.15, 0.2) is 0 Å². The number of nitrogens with zero attached hydrogens (tertiary/aromatic N) is 2. The lowest BCUT2D eigenvalue weighted by molar-refractivity contribution is -0.130. The number of carbonyl (C=O) groups is 3. The molecule has 0 aliphatic carbocycles. The molecule has 0 spiro atoms. The molecule has 1 atom stereocenters. The summed E-state index contributed by atoms with van der Waals surface area (Å²) in [6, 6.07) is 13.2. The highest BCUT2D eigenvalue weighted by Gasteiger charge is 2.35. The number of aromatic amines is 1. The number of fused-ring (bicyclic) bond motifs is 1. The Kier molecular flexibility index (Phi) is 5.35. The van der Waals surface area contributed by atoms with Crippen molar-refractivity contribution in [2.45, 2.75) is 19.4 Å². The zero-order chi connectivity index (χ0) is 21.3. The number of nitrogens with one attached hydrogen (secondary N) is 1. The van der Waals surface area contributed by atoms with Crippen molar-refractivity contribution in [1.82, 2.24) is 14.8 Å². The number of piperazine rings is 1. The minimum atomic E-state index is -0.743. The van der Waals surface area contributed by atoms with Crippen LogP contribution in [-0.2, 0) is 4.79 Å². The lowest BCUT2D eigenvalue weighted by Crippen LogP contribution is -2.57. The fraction of sp³-hybridized carbons (Fsp3) is 0.261. The Balaban J connectivity index is 1.53. The summed E-state index contributed by atoms with van der Waals surface area (Å²) in [5, 5.41) is 0.127. The van der Waals surface area contributed by atoms with Crippen molar-refractivity contribution < 1.29 is 18.8 Å². The van der Waals surface area contributed by atoms with Gasteiger partial charge in [0, 0.05) is 48.3 Å². The summed E-state index contributed by atoms with van der Waals surface area (Å²) in [5.74, 6) is -2.05. The number of hydrogen-bond acceptors (Lipinski definition) is 3. The highest BCUT2D eigenvalue weighted by Crippen LogP contribution is 2.24. The van der Waals surface area contributed by atoms with E-state index in [1.165, 1.54) is 17.2 Å². The first-order chi connectivity index (χ1) is 14.5. The Morgan fingerprint density at radius 3 is 2.57 bits per heavy atom. The second-order valence-electron chi connectivity index (χ2n) is 7.37. The third kappa shape index (κ3) is 3.47. The van der Waals surface area contributed by atoms with Gasteiger partial charge in [0.1, 0.15) is 5.82 Å². The number of H-pyrrole nitrogens is 1. The molecule has 4 rings (SSSR count). The highest BCUT2D eigenvalue weighted by molar-refractivity contribution is 6.45. The number of rotatable bonds is 4. The average Bonchev–Trinajstić information content (AvgIpc) is 3.23. The molecule has 1 fully saturated rings. The third-order valence-electron chi connectivity index (χ3n) is 5.62. The van der Waals surface area contributed by atoms with Crippen LogP contribution >= 0.6 is 0 Å². The Morgan fingerprint density at radius 1 is 1.07 bits per heavy atom. The molecule has 0 bridgehead atoms. The van der Waals surface area contributed by atoms with E-state index in [1.807, 2.05) is 25.1 Å². The average molecular weight is 407 g/mol. The van der Waals surface area contributed by atoms with Gasteiger partial charge in [-0.15, -0.1) is 0 Å². The number of amides is 2. The molecule has 3 aromatic rings. The molecule has 6 nitrogen and oxygen atoms in total. The monoisotopic (exact) mass is 407 g/mol. The first-order valence-corrected chi connectivity index (χ1v) is 9.96. The van der Waals surface area contributed by atoms with Gasteiger partial charge >= 0.3 is 0 Å². The summed E-state index contributed by atoms with van der Waals surface area (Å²) < 4.78 is 14.2. The van der Waals surface area contributed by atoms with Gasteiger partial charge in [0.25, 0.3) is 17.6 Å². The molecule has 1 N–H and O–H groups in total. The van der Waals surface area contributed by atoms with E-state index in [2.05, 4.69) is 4.98 Å². The highest BCUT2D eigenvalue weighted by atomic mass is 19.1. The van der Waals surface area contributed by atoms with Gasteiger partial charge in [-0.1, -0.05) is 31.2 Å². The van der Waals surface area contributed by atoms with E-state index in [-0.39, 0.29) is 29.4 Å². The Hall–Kier alpha value is -3.48. The van der Waals surface area contributed by atoms with Crippen LogP contribution in [0.4, 0.5) is 4.39 Å². The molecular formula is C23H22FN3O3. The molecule has 1 aromatic heterocycles. The molecule has 30 heavy (non-hydrogen) atoms. The molecule has 1 aliphatic rings. The molecule has 154 valence electrons. The number of benzene rings is 2. The van der Waals surface area contributed by atoms with E-state index in [1.54, 1.807) is 29.2 Å². The van der Waals surface area contributed by atoms with Crippen LogP contribution in [0.1, 0.15) is 34.1 Å². The van der Waals surface area contributed by atoms with Gasteiger partial charge < -0.3 is 14.8 Å². The van der Waals surface area contributed by atoms with Crippen LogP contribution in [0, 0.1) is 5.82 Å². The van der Waals surface area contributed by atoms with E-state index in [0.29, 0.717) is 30.6 Å². The summed E-state index contributed by atoms with van der Waals surface area (Å²) in [6.45, 7) is 2.86. The van der Waals surface area contributed by atoms with E-state index in [4.69, 9.17) is 0 Å². The molecule has 1 saturated heterocycles. The number of aromatic nitrogens is 1. The molecule has 2 aromatic carbocycles. The van der Waals surface area contributed by atoms with E-state index in [0.717, 1.165) is 0 Å². The fourth-order valence-electron chi connectivity index (χ4n) is 3.98. The van der Waals surface area contributed by atoms with E-state index >= 15 is 0 Å². The Labute approximate surface area is 173 Å². The molecule has 2 heterocycles. The summed E-state index contributed by atoms with van der Waals surface area (Å²) in [5.41, 5.74) is 1.10. The van der Waals surface area contributed by atoms with Crippen molar-refractivity contribution in [2.24, 2.45) is 0 Å². The second kappa shape index (κ2) is 8.10. The van der Waals surface area contributed by atoms with Crippen molar-refractivity contribution in [3.63, 3.8) is 0 Å². The first-order valence-electron chi connectivity index (χ1n) is 9.96. The first kappa shape index (κ1) is 19.8. The zero-order valence-electron chi connectivity index (χ0n) is 16.6. The summed E-state index contributed by atoms with van der Waals surface area (Å²) in [4.78, 5) is 44.7. The molecular weight excluding hydrogens is 385 g/mol. The second-order valence-corrected chi connectivity index (χ2v) is 7.37. The maximum Gasteiger partial charge on any atom is 0.295 e. The van der Waals surface area contributed by atoms with Crippen molar-refractivity contribution in [2.75, 3.05) is 19.6 Å². The molecule has 1 aliphatic heterocycles. The van der Waals surface area contributed by atoms with Gasteiger partial charge in [-0.25, -0.2) is 4.39 Å². The van der Waals surface area contributed by atoms with Crippen molar-refractivity contribution in [3.8, 4) is 0 Å². The predicted molar refractivity (Wildman–Crippen MR) is 111 cm³/mol. The van der Waals surface area contributed by atoms with Gasteiger partial charge in [0.05, 0.1) is 5.56 Å². The molecule has 0 radical (unpaired) electrons. The van der Waals surface area contributed by atoms with Crippen LogP contribution in [0.3, 0.4) is 0 Å². The minimum Gasteiger partial charge on any atom is -0.360 e. The topological polar surface area (TPSA) is 73.5 Å². The van der Waals surface area contributed by atoms with Crippen LogP contribution in [0.5, 0.6) is 0 Å². The smallest absolute Gasteiger partial charge is 0.295 e. The molecule has 7 heteroatoms. The van der Waals surface area contributed by atoms with Crippen molar-refractivity contribution >= 4 is 28.5 Å². The molecule has 0 unspecified atom stereocenters. The zero-order valence-corrected chi connectivity index (χ0v) is 16.6. The van der Waals surface area contributed by atoms with E-state index < -0.39 is 17.5 Å². The molecule has 2 amide bonds. The van der Waals surface area contributed by atoms with Crippen molar-refractivity contribution in [1.29, 1.82) is 0 Å². The van der Waals surface area contributed by atoms with Gasteiger partial charge in [0.2, 0.25) is 0 Å². The van der Waals surface area contributed by atoms with Crippen LogP contribution in [0.15, 0.2) is 54.7 Å². The number of hydrogen-bond donors (Lipinski definition) is 1. The Morgan fingerprint density at radius 2 is 1.83 bits per heavy atom. The van der Waals surface area contributed by atoms with Gasteiger partial charge in [-0.05, 0) is 30.7 Å². The number of halogens is 1. The van der Waals surface area contributed by atoms with Crippen LogP contribution in [0.25, 0.3) is 10.9 Å². The number of Topliss-reactive ketones (excluding diaryl/α,β-unsaturated/α-hetero) is 1. The van der Waals surface area contributed by atoms with Crippen LogP contribution in [0.2, 0.25) is 0 Å². The third-order valence-corrected chi connectivity index (χ3v) is 5.62. The predicted octanol–water partition coefficient (Wildman–Crippen LogP) is 3.25. The number of ketones is 1. The SMILES string of the molecule is CC[C@H]1CN(C(=O)c2ccccc2)CCN1C(=O)C(=O)c1c[nH]c2cccc(F)c12. The quantitative estimate of drug-likeness (QED) is 0.533. The van der Waals surface area contributed by atoms with Crippen LogP contribution in [-0.4, -0.2) is 58.1 Å².